The van der Waals surface area contributed by atoms with Crippen LogP contribution in [0, 0.1) is 5.92 Å². The molecule has 1 amide bonds. The van der Waals surface area contributed by atoms with Crippen LogP contribution in [0.25, 0.3) is 0 Å². The number of nitrogens with zero attached hydrogens (tertiary/aromatic N) is 3. The molecule has 0 radical (unpaired) electrons. The lowest BCUT2D eigenvalue weighted by atomic mass is 9.95. The molecule has 1 aromatic heterocycles. The van der Waals surface area contributed by atoms with E-state index in [4.69, 9.17) is 9.15 Å². The Labute approximate surface area is 192 Å². The van der Waals surface area contributed by atoms with Crippen LogP contribution >= 0.6 is 0 Å². The molecule has 8 nitrogen and oxygen atoms in total. The predicted molar refractivity (Wildman–Crippen MR) is 127 cm³/mol. The maximum absolute atomic E-state index is 12.4. The Morgan fingerprint density at radius 2 is 2.03 bits per heavy atom. The van der Waals surface area contributed by atoms with Crippen molar-refractivity contribution in [3.05, 3.63) is 24.2 Å². The van der Waals surface area contributed by atoms with Crippen molar-refractivity contribution < 1.29 is 13.9 Å². The molecule has 0 bridgehead atoms. The topological polar surface area (TPSA) is 82.3 Å². The summed E-state index contributed by atoms with van der Waals surface area (Å²) in [5, 5.41) is 6.92. The minimum atomic E-state index is -0.452. The van der Waals surface area contributed by atoms with Crippen LogP contribution in [-0.2, 0) is 4.74 Å². The molecule has 2 N–H and O–H groups in total. The molecule has 32 heavy (non-hydrogen) atoms. The Morgan fingerprint density at radius 1 is 1.25 bits per heavy atom. The highest BCUT2D eigenvalue weighted by molar-refractivity contribution is 5.79. The van der Waals surface area contributed by atoms with Crippen LogP contribution in [0.15, 0.2) is 27.8 Å². The smallest absolute Gasteiger partial charge is 0.410 e. The summed E-state index contributed by atoms with van der Waals surface area (Å²) in [4.78, 5) is 21.1. The number of piperidine rings is 1. The Morgan fingerprint density at radius 3 is 2.69 bits per heavy atom. The van der Waals surface area contributed by atoms with Crippen LogP contribution in [0.1, 0.15) is 64.7 Å². The lowest BCUT2D eigenvalue weighted by Gasteiger charge is -2.34. The van der Waals surface area contributed by atoms with Crippen LogP contribution in [-0.4, -0.2) is 73.8 Å². The molecule has 1 aromatic rings. The zero-order valence-electron chi connectivity index (χ0n) is 20.2. The highest BCUT2D eigenvalue weighted by Crippen LogP contribution is 2.25. The first-order valence-electron chi connectivity index (χ1n) is 12.1. The Kier molecular flexibility index (Phi) is 8.84. The van der Waals surface area contributed by atoms with E-state index in [0.29, 0.717) is 5.92 Å². The van der Waals surface area contributed by atoms with Gasteiger partial charge < -0.3 is 24.7 Å². The molecule has 2 aliphatic heterocycles. The van der Waals surface area contributed by atoms with Crippen molar-refractivity contribution in [3.8, 4) is 0 Å². The van der Waals surface area contributed by atoms with Crippen molar-refractivity contribution in [3.63, 3.8) is 0 Å². The molecule has 2 fully saturated rings. The fraction of sp³-hybridized carbons (Fsp3) is 0.750. The third-order valence-corrected chi connectivity index (χ3v) is 6.16. The predicted octanol–water partition coefficient (Wildman–Crippen LogP) is 3.62. The second kappa shape index (κ2) is 11.6. The average molecular weight is 448 g/mol. The number of nitrogens with one attached hydrogen (secondary N) is 2. The second-order valence-corrected chi connectivity index (χ2v) is 9.88. The van der Waals surface area contributed by atoms with Gasteiger partial charge in [-0.15, -0.1) is 0 Å². The molecule has 2 atom stereocenters. The molecular weight excluding hydrogens is 406 g/mol. The molecule has 180 valence electrons. The number of carbonyl (C=O) groups excluding carboxylic acids is 1. The fourth-order valence-corrected chi connectivity index (χ4v) is 4.55. The average Bonchev–Trinajstić information content (AvgIpc) is 3.46. The van der Waals surface area contributed by atoms with Gasteiger partial charge in [0.05, 0.1) is 12.3 Å². The summed E-state index contributed by atoms with van der Waals surface area (Å²) in [6, 6.07) is 4.23. The molecule has 0 saturated carbocycles. The van der Waals surface area contributed by atoms with Gasteiger partial charge in [0.2, 0.25) is 0 Å². The van der Waals surface area contributed by atoms with Crippen LogP contribution < -0.4 is 10.6 Å². The van der Waals surface area contributed by atoms with E-state index in [1.807, 2.05) is 31.7 Å². The SMILES string of the molecule is CN=C(NCCC1CCCN(C(=O)OC(C)(C)C)C1)NCC(c1ccco1)N1CCCC1. The Balaban J connectivity index is 1.42. The summed E-state index contributed by atoms with van der Waals surface area (Å²) >= 11 is 0. The number of rotatable bonds is 7. The summed E-state index contributed by atoms with van der Waals surface area (Å²) in [7, 11) is 1.80. The molecule has 3 heterocycles. The summed E-state index contributed by atoms with van der Waals surface area (Å²) in [6.07, 6.45) is 7.19. The van der Waals surface area contributed by atoms with E-state index in [1.165, 1.54) is 12.8 Å². The van der Waals surface area contributed by atoms with Crippen molar-refractivity contribution >= 4 is 12.1 Å². The fourth-order valence-electron chi connectivity index (χ4n) is 4.55. The zero-order valence-corrected chi connectivity index (χ0v) is 20.2. The lowest BCUT2D eigenvalue weighted by molar-refractivity contribution is 0.0162. The molecule has 2 aliphatic rings. The Bertz CT molecular complexity index is 722. The maximum atomic E-state index is 12.4. The highest BCUT2D eigenvalue weighted by Gasteiger charge is 2.28. The van der Waals surface area contributed by atoms with Crippen molar-refractivity contribution in [2.75, 3.05) is 46.3 Å². The highest BCUT2D eigenvalue weighted by atomic mass is 16.6. The number of ether oxygens (including phenoxy) is 1. The van der Waals surface area contributed by atoms with Gasteiger partial charge in [0.1, 0.15) is 11.4 Å². The molecule has 3 rings (SSSR count). The van der Waals surface area contributed by atoms with E-state index in [9.17, 15) is 4.79 Å². The second-order valence-electron chi connectivity index (χ2n) is 9.88. The number of aliphatic imine (C=N–C) groups is 1. The van der Waals surface area contributed by atoms with Gasteiger partial charge >= 0.3 is 6.09 Å². The number of likely N-dealkylation sites (tertiary alicyclic amines) is 2. The van der Waals surface area contributed by atoms with E-state index in [1.54, 1.807) is 13.3 Å². The first-order chi connectivity index (χ1) is 15.4. The normalized spacial score (nSPS) is 21.4. The third kappa shape index (κ3) is 7.43. The van der Waals surface area contributed by atoms with Crippen molar-refractivity contribution in [2.45, 2.75) is 64.5 Å². The number of hydrogen-bond donors (Lipinski definition) is 2. The largest absolute Gasteiger partial charge is 0.468 e. The number of furan rings is 1. The first-order valence-corrected chi connectivity index (χ1v) is 12.1. The summed E-state index contributed by atoms with van der Waals surface area (Å²) < 4.78 is 11.3. The van der Waals surface area contributed by atoms with Crippen LogP contribution in [0.2, 0.25) is 0 Å². The molecule has 8 heteroatoms. The van der Waals surface area contributed by atoms with E-state index >= 15 is 0 Å². The van der Waals surface area contributed by atoms with Gasteiger partial charge in [0.15, 0.2) is 5.96 Å². The van der Waals surface area contributed by atoms with Gasteiger partial charge in [0, 0.05) is 33.2 Å². The summed E-state index contributed by atoms with van der Waals surface area (Å²) in [6.45, 7) is 11.1. The molecule has 0 spiro atoms. The molecule has 2 unspecified atom stereocenters. The van der Waals surface area contributed by atoms with Crippen LogP contribution in [0.4, 0.5) is 4.79 Å². The maximum Gasteiger partial charge on any atom is 0.410 e. The number of hydrogen-bond acceptors (Lipinski definition) is 5. The monoisotopic (exact) mass is 447 g/mol. The lowest BCUT2D eigenvalue weighted by Crippen LogP contribution is -2.45. The van der Waals surface area contributed by atoms with Gasteiger partial charge in [-0.05, 0) is 84.0 Å². The van der Waals surface area contributed by atoms with Crippen molar-refractivity contribution in [1.29, 1.82) is 0 Å². The van der Waals surface area contributed by atoms with E-state index in [0.717, 1.165) is 70.3 Å². The standard InChI is InChI=1S/C24H41N5O3/c1-24(2,3)32-23(30)29-15-7-9-19(18-29)11-12-26-22(25-4)27-17-20(21-10-8-16-31-21)28-13-5-6-14-28/h8,10,16,19-20H,5-7,9,11-15,17-18H2,1-4H3,(H2,25,26,27). The number of amides is 1. The van der Waals surface area contributed by atoms with Gasteiger partial charge in [0.25, 0.3) is 0 Å². The minimum Gasteiger partial charge on any atom is -0.468 e. The zero-order chi connectivity index (χ0) is 23.0. The van der Waals surface area contributed by atoms with Gasteiger partial charge in [-0.2, -0.15) is 0 Å². The summed E-state index contributed by atoms with van der Waals surface area (Å²) in [5.41, 5.74) is -0.452. The van der Waals surface area contributed by atoms with E-state index in [-0.39, 0.29) is 12.1 Å². The molecule has 0 aliphatic carbocycles. The summed E-state index contributed by atoms with van der Waals surface area (Å²) in [5.74, 6) is 2.28. The third-order valence-electron chi connectivity index (χ3n) is 6.16. The van der Waals surface area contributed by atoms with E-state index in [2.05, 4.69) is 26.6 Å². The van der Waals surface area contributed by atoms with Gasteiger partial charge in [-0.1, -0.05) is 0 Å². The van der Waals surface area contributed by atoms with Crippen LogP contribution in [0.5, 0.6) is 0 Å². The molecule has 2 saturated heterocycles. The van der Waals surface area contributed by atoms with Gasteiger partial charge in [-0.25, -0.2) is 4.79 Å². The van der Waals surface area contributed by atoms with Crippen LogP contribution in [0.3, 0.4) is 0 Å². The number of carbonyl (C=O) groups is 1. The minimum absolute atomic E-state index is 0.196. The quantitative estimate of drug-likeness (QED) is 0.491. The van der Waals surface area contributed by atoms with Crippen molar-refractivity contribution in [2.24, 2.45) is 10.9 Å². The first kappa shape index (κ1) is 24.4. The molecular formula is C24H41N5O3. The van der Waals surface area contributed by atoms with Crippen molar-refractivity contribution in [1.82, 2.24) is 20.4 Å². The van der Waals surface area contributed by atoms with E-state index < -0.39 is 5.60 Å². The van der Waals surface area contributed by atoms with Gasteiger partial charge in [-0.3, -0.25) is 9.89 Å². The number of guanidine groups is 1. The Hall–Kier alpha value is -2.22. The molecule has 0 aromatic carbocycles.